The van der Waals surface area contributed by atoms with Gasteiger partial charge in [-0.1, -0.05) is 88.4 Å². The lowest BCUT2D eigenvalue weighted by Gasteiger charge is -2.36. The molecule has 0 aromatic heterocycles. The first kappa shape index (κ1) is 19.3. The maximum Gasteiger partial charge on any atom is 0.0159 e. The summed E-state index contributed by atoms with van der Waals surface area (Å²) in [5.74, 6) is 0. The highest BCUT2D eigenvalue weighted by Gasteiger charge is 2.34. The van der Waals surface area contributed by atoms with Gasteiger partial charge in [0.15, 0.2) is 0 Å². The van der Waals surface area contributed by atoms with Gasteiger partial charge in [0.25, 0.3) is 0 Å². The van der Waals surface area contributed by atoms with Crippen LogP contribution in [0.4, 0.5) is 0 Å². The summed E-state index contributed by atoms with van der Waals surface area (Å²) in [6, 6.07) is 27.7. The van der Waals surface area contributed by atoms with Crippen LogP contribution in [0.5, 0.6) is 0 Å². The molecule has 0 saturated heterocycles. The summed E-state index contributed by atoms with van der Waals surface area (Å²) in [6.07, 6.45) is 5.62. The Balaban J connectivity index is 0.000000953. The van der Waals surface area contributed by atoms with Crippen molar-refractivity contribution in [3.8, 4) is 11.1 Å². The highest BCUT2D eigenvalue weighted by molar-refractivity contribution is 6.10. The average molecular weight is 413 g/mol. The first-order chi connectivity index (χ1) is 15.6. The lowest BCUT2D eigenvalue weighted by Crippen LogP contribution is -2.24. The van der Waals surface area contributed by atoms with Gasteiger partial charge in [-0.3, -0.25) is 0 Å². The van der Waals surface area contributed by atoms with E-state index in [1.165, 1.54) is 65.7 Å². The summed E-state index contributed by atoms with van der Waals surface area (Å²) in [5, 5.41) is 8.20. The molecule has 0 bridgehead atoms. The summed E-state index contributed by atoms with van der Waals surface area (Å²) < 4.78 is 0. The second-order valence-electron chi connectivity index (χ2n) is 9.40. The smallest absolute Gasteiger partial charge is 0.0159 e. The molecular weight excluding hydrogens is 384 g/mol. The Morgan fingerprint density at radius 1 is 0.625 bits per heavy atom. The standard InChI is InChI=1S/C30H22.C2H6/c1-30(2)26-13-11-19-9-5-8-18-10-12-24(29(26)28(18)19)25-16-22-14-20-6-3-4-7-21(20)15-23(22)17-27(25)30;1-2/h3-7,9-17H,8H2,1-2H3;1-2H3. The minimum atomic E-state index is -0.0273. The Labute approximate surface area is 190 Å². The molecule has 5 aromatic rings. The number of benzene rings is 5. The van der Waals surface area contributed by atoms with E-state index in [9.17, 15) is 0 Å². The molecule has 0 spiro atoms. The summed E-state index contributed by atoms with van der Waals surface area (Å²) in [4.78, 5) is 0. The van der Waals surface area contributed by atoms with E-state index in [1.54, 1.807) is 0 Å². The van der Waals surface area contributed by atoms with E-state index in [1.807, 2.05) is 13.8 Å². The number of fused-ring (bicyclic) bond motifs is 4. The van der Waals surface area contributed by atoms with Crippen molar-refractivity contribution in [1.29, 1.82) is 0 Å². The number of allylic oxidation sites excluding steroid dienone is 1. The van der Waals surface area contributed by atoms with Crippen molar-refractivity contribution >= 4 is 38.4 Å². The summed E-state index contributed by atoms with van der Waals surface area (Å²) >= 11 is 0. The zero-order chi connectivity index (χ0) is 22.0. The fourth-order valence-electron chi connectivity index (χ4n) is 5.84. The van der Waals surface area contributed by atoms with Crippen LogP contribution in [0.2, 0.25) is 0 Å². The largest absolute Gasteiger partial charge is 0.0795 e. The van der Waals surface area contributed by atoms with Crippen LogP contribution in [0.25, 0.3) is 49.5 Å². The Kier molecular flexibility index (Phi) is 4.11. The summed E-state index contributed by atoms with van der Waals surface area (Å²) in [5.41, 5.74) is 8.48. The predicted molar refractivity (Wildman–Crippen MR) is 141 cm³/mol. The second-order valence-corrected chi connectivity index (χ2v) is 9.40. The van der Waals surface area contributed by atoms with Crippen molar-refractivity contribution in [2.45, 2.75) is 39.5 Å². The van der Waals surface area contributed by atoms with Gasteiger partial charge in [0, 0.05) is 5.41 Å². The highest BCUT2D eigenvalue weighted by atomic mass is 14.4. The van der Waals surface area contributed by atoms with Crippen molar-refractivity contribution in [2.75, 3.05) is 0 Å². The predicted octanol–water partition coefficient (Wildman–Crippen LogP) is 9.05. The molecule has 2 aliphatic carbocycles. The maximum absolute atomic E-state index is 2.44. The summed E-state index contributed by atoms with van der Waals surface area (Å²) in [6.45, 7) is 8.79. The lowest BCUT2D eigenvalue weighted by atomic mass is 9.67. The van der Waals surface area contributed by atoms with E-state index in [0.717, 1.165) is 6.42 Å². The van der Waals surface area contributed by atoms with E-state index in [0.29, 0.717) is 0 Å². The van der Waals surface area contributed by atoms with Crippen molar-refractivity contribution in [1.82, 2.24) is 0 Å². The Bertz CT molecular complexity index is 1580. The SMILES string of the molecule is CC.CC1(C)c2cc3cc4ccccc4cc3cc2-c2ccc3c4c(ccc1c24)C=CC3. The van der Waals surface area contributed by atoms with Gasteiger partial charge in [-0.25, -0.2) is 0 Å². The van der Waals surface area contributed by atoms with Crippen LogP contribution in [0.15, 0.2) is 78.9 Å². The van der Waals surface area contributed by atoms with E-state index in [2.05, 4.69) is 98.8 Å². The van der Waals surface area contributed by atoms with Gasteiger partial charge in [-0.2, -0.15) is 0 Å². The van der Waals surface area contributed by atoms with Crippen LogP contribution in [-0.4, -0.2) is 0 Å². The molecule has 0 radical (unpaired) electrons. The molecule has 0 heterocycles. The van der Waals surface area contributed by atoms with Crippen molar-refractivity contribution in [2.24, 2.45) is 0 Å². The van der Waals surface area contributed by atoms with Gasteiger partial charge in [0.05, 0.1) is 0 Å². The Morgan fingerprint density at radius 2 is 1.34 bits per heavy atom. The third-order valence-corrected chi connectivity index (χ3v) is 7.39. The molecular formula is C32H28. The fraction of sp³-hybridized carbons (Fsp3) is 0.188. The Morgan fingerprint density at radius 3 is 2.09 bits per heavy atom. The van der Waals surface area contributed by atoms with E-state index in [4.69, 9.17) is 0 Å². The van der Waals surface area contributed by atoms with E-state index >= 15 is 0 Å². The second kappa shape index (κ2) is 6.81. The Hall–Kier alpha value is -3.38. The first-order valence-electron chi connectivity index (χ1n) is 11.8. The van der Waals surface area contributed by atoms with Crippen LogP contribution >= 0.6 is 0 Å². The zero-order valence-electron chi connectivity index (χ0n) is 19.3. The zero-order valence-corrected chi connectivity index (χ0v) is 19.3. The number of hydrogen-bond donors (Lipinski definition) is 0. The molecule has 0 heteroatoms. The molecule has 0 saturated carbocycles. The monoisotopic (exact) mass is 412 g/mol. The molecule has 0 unspecified atom stereocenters. The van der Waals surface area contributed by atoms with Crippen LogP contribution < -0.4 is 0 Å². The third kappa shape index (κ3) is 2.50. The topological polar surface area (TPSA) is 0 Å². The minimum absolute atomic E-state index is 0.0273. The van der Waals surface area contributed by atoms with Gasteiger partial charge in [0.2, 0.25) is 0 Å². The van der Waals surface area contributed by atoms with Crippen molar-refractivity contribution < 1.29 is 0 Å². The highest BCUT2D eigenvalue weighted by Crippen LogP contribution is 2.51. The molecule has 156 valence electrons. The molecule has 0 atom stereocenters. The molecule has 7 rings (SSSR count). The van der Waals surface area contributed by atoms with Crippen molar-refractivity contribution in [3.05, 3.63) is 101 Å². The fourth-order valence-corrected chi connectivity index (χ4v) is 5.84. The molecule has 0 nitrogen and oxygen atoms in total. The van der Waals surface area contributed by atoms with E-state index in [-0.39, 0.29) is 5.41 Å². The molecule has 0 fully saturated rings. The molecule has 2 aliphatic rings. The van der Waals surface area contributed by atoms with Gasteiger partial charge in [0.1, 0.15) is 0 Å². The molecule has 0 amide bonds. The van der Waals surface area contributed by atoms with Crippen LogP contribution in [0.3, 0.4) is 0 Å². The van der Waals surface area contributed by atoms with Crippen LogP contribution in [-0.2, 0) is 11.8 Å². The average Bonchev–Trinajstić information content (AvgIpc) is 2.83. The normalized spacial score (nSPS) is 14.9. The quantitative estimate of drug-likeness (QED) is 0.223. The third-order valence-electron chi connectivity index (χ3n) is 7.39. The van der Waals surface area contributed by atoms with Crippen LogP contribution in [0.1, 0.15) is 49.9 Å². The molecule has 5 aromatic carbocycles. The number of rotatable bonds is 0. The molecule has 0 aliphatic heterocycles. The maximum atomic E-state index is 2.44. The number of hydrogen-bond acceptors (Lipinski definition) is 0. The first-order valence-corrected chi connectivity index (χ1v) is 11.8. The molecule has 0 N–H and O–H groups in total. The van der Waals surface area contributed by atoms with Gasteiger partial charge >= 0.3 is 0 Å². The van der Waals surface area contributed by atoms with Gasteiger partial charge in [-0.15, -0.1) is 0 Å². The lowest BCUT2D eigenvalue weighted by molar-refractivity contribution is 0.646. The molecule has 32 heavy (non-hydrogen) atoms. The van der Waals surface area contributed by atoms with Crippen LogP contribution in [0, 0.1) is 0 Å². The minimum Gasteiger partial charge on any atom is -0.0795 e. The van der Waals surface area contributed by atoms with E-state index < -0.39 is 0 Å². The van der Waals surface area contributed by atoms with Gasteiger partial charge < -0.3 is 0 Å². The van der Waals surface area contributed by atoms with Crippen molar-refractivity contribution in [3.63, 3.8) is 0 Å². The van der Waals surface area contributed by atoms with Gasteiger partial charge in [-0.05, 0) is 96.4 Å². The summed E-state index contributed by atoms with van der Waals surface area (Å²) in [7, 11) is 0.